The largest absolute Gasteiger partial charge is 0.434 e. The Morgan fingerprint density at radius 1 is 1.03 bits per heavy atom. The molecule has 0 unspecified atom stereocenters. The lowest BCUT2D eigenvalue weighted by atomic mass is 9.85. The zero-order valence-electron chi connectivity index (χ0n) is 16.6. The van der Waals surface area contributed by atoms with E-state index in [1.54, 1.807) is 6.07 Å². The number of ether oxygens (including phenoxy) is 1. The standard InChI is InChI=1S/C20H19Cl2N5O4/c1-10-18(28)23-20(30)27(26-10)12-7-14(21)17(15(22)8-12)31-16-9-13(19(29)25-24-16)11-5-3-2-4-6-11/h7-9,11H,2-6H2,1H3,(H,25,29)(H,23,28,30). The number of hydrogen-bond acceptors (Lipinski definition) is 6. The molecule has 0 aliphatic heterocycles. The van der Waals surface area contributed by atoms with Crippen LogP contribution in [0.4, 0.5) is 0 Å². The van der Waals surface area contributed by atoms with Gasteiger partial charge in [0.15, 0.2) is 5.75 Å². The van der Waals surface area contributed by atoms with E-state index in [1.165, 1.54) is 25.5 Å². The van der Waals surface area contributed by atoms with Crippen molar-refractivity contribution in [2.75, 3.05) is 0 Å². The van der Waals surface area contributed by atoms with Crippen LogP contribution in [0.5, 0.6) is 11.6 Å². The molecule has 0 radical (unpaired) electrons. The first-order chi connectivity index (χ1) is 14.8. The maximum Gasteiger partial charge on any atom is 0.349 e. The summed E-state index contributed by atoms with van der Waals surface area (Å²) in [6.07, 6.45) is 5.23. The molecule has 1 saturated carbocycles. The van der Waals surface area contributed by atoms with Crippen molar-refractivity contribution in [3.63, 3.8) is 0 Å². The molecule has 1 aromatic carbocycles. The Labute approximate surface area is 186 Å². The monoisotopic (exact) mass is 463 g/mol. The quantitative estimate of drug-likeness (QED) is 0.610. The first-order valence-corrected chi connectivity index (χ1v) is 10.6. The van der Waals surface area contributed by atoms with Gasteiger partial charge in [-0.1, -0.05) is 42.5 Å². The van der Waals surface area contributed by atoms with Gasteiger partial charge in [0, 0.05) is 11.6 Å². The average Bonchev–Trinajstić information content (AvgIpc) is 2.75. The smallest absolute Gasteiger partial charge is 0.349 e. The first-order valence-electron chi connectivity index (χ1n) is 9.80. The predicted octanol–water partition coefficient (Wildman–Crippen LogP) is 3.46. The van der Waals surface area contributed by atoms with Crippen molar-refractivity contribution in [3.05, 3.63) is 70.7 Å². The van der Waals surface area contributed by atoms with Crippen LogP contribution in [0.1, 0.15) is 49.3 Å². The summed E-state index contributed by atoms with van der Waals surface area (Å²) in [4.78, 5) is 38.1. The Balaban J connectivity index is 1.67. The van der Waals surface area contributed by atoms with Gasteiger partial charge in [0.25, 0.3) is 11.1 Å². The van der Waals surface area contributed by atoms with Gasteiger partial charge in [0.05, 0.1) is 15.7 Å². The number of aromatic amines is 2. The second kappa shape index (κ2) is 8.68. The van der Waals surface area contributed by atoms with Crippen molar-refractivity contribution in [3.8, 4) is 17.3 Å². The van der Waals surface area contributed by atoms with Crippen LogP contribution in [0.2, 0.25) is 10.0 Å². The van der Waals surface area contributed by atoms with E-state index in [0.717, 1.165) is 30.4 Å². The van der Waals surface area contributed by atoms with Gasteiger partial charge < -0.3 is 4.74 Å². The van der Waals surface area contributed by atoms with Crippen LogP contribution < -0.4 is 21.5 Å². The maximum absolute atomic E-state index is 12.3. The fourth-order valence-corrected chi connectivity index (χ4v) is 4.25. The van der Waals surface area contributed by atoms with E-state index >= 15 is 0 Å². The minimum absolute atomic E-state index is 0.104. The number of H-pyrrole nitrogens is 2. The predicted molar refractivity (Wildman–Crippen MR) is 116 cm³/mol. The van der Waals surface area contributed by atoms with Gasteiger partial charge >= 0.3 is 5.69 Å². The van der Waals surface area contributed by atoms with Gasteiger partial charge in [-0.2, -0.15) is 9.78 Å². The number of halogens is 2. The molecule has 2 heterocycles. The third-order valence-electron chi connectivity index (χ3n) is 5.28. The second-order valence-corrected chi connectivity index (χ2v) is 8.24. The molecule has 4 rings (SSSR count). The summed E-state index contributed by atoms with van der Waals surface area (Å²) >= 11 is 12.7. The van der Waals surface area contributed by atoms with E-state index in [9.17, 15) is 14.4 Å². The summed E-state index contributed by atoms with van der Waals surface area (Å²) in [6, 6.07) is 4.48. The van der Waals surface area contributed by atoms with Crippen LogP contribution in [-0.4, -0.2) is 25.0 Å². The topological polar surface area (TPSA) is 123 Å². The molecule has 162 valence electrons. The number of rotatable bonds is 4. The molecule has 31 heavy (non-hydrogen) atoms. The lowest BCUT2D eigenvalue weighted by molar-refractivity contribution is 0.427. The number of aromatic nitrogens is 5. The van der Waals surface area contributed by atoms with Gasteiger partial charge in [-0.25, -0.2) is 9.89 Å². The Bertz CT molecular complexity index is 1280. The zero-order chi connectivity index (χ0) is 22.1. The first kappa shape index (κ1) is 21.3. The highest BCUT2D eigenvalue weighted by atomic mass is 35.5. The lowest BCUT2D eigenvalue weighted by Crippen LogP contribution is -2.32. The number of benzene rings is 1. The highest BCUT2D eigenvalue weighted by Gasteiger charge is 2.21. The van der Waals surface area contributed by atoms with Crippen molar-refractivity contribution in [1.29, 1.82) is 0 Å². The number of nitrogens with one attached hydrogen (secondary N) is 2. The van der Waals surface area contributed by atoms with E-state index in [2.05, 4.69) is 20.3 Å². The molecule has 1 aliphatic rings. The van der Waals surface area contributed by atoms with Crippen molar-refractivity contribution < 1.29 is 4.74 Å². The van der Waals surface area contributed by atoms with Crippen LogP contribution in [0, 0.1) is 6.92 Å². The number of aryl methyl sites for hydroxylation is 1. The minimum atomic E-state index is -0.726. The van der Waals surface area contributed by atoms with E-state index in [-0.39, 0.29) is 44.5 Å². The number of hydrogen-bond donors (Lipinski definition) is 2. The average molecular weight is 464 g/mol. The van der Waals surface area contributed by atoms with Crippen LogP contribution in [0.3, 0.4) is 0 Å². The highest BCUT2D eigenvalue weighted by Crippen LogP contribution is 2.38. The Morgan fingerprint density at radius 3 is 2.39 bits per heavy atom. The molecule has 2 aromatic heterocycles. The highest BCUT2D eigenvalue weighted by molar-refractivity contribution is 6.37. The van der Waals surface area contributed by atoms with E-state index in [4.69, 9.17) is 27.9 Å². The third-order valence-corrected chi connectivity index (χ3v) is 5.84. The van der Waals surface area contributed by atoms with Crippen LogP contribution in [0.15, 0.2) is 32.6 Å². The summed E-state index contributed by atoms with van der Waals surface area (Å²) < 4.78 is 6.76. The van der Waals surface area contributed by atoms with Gasteiger partial charge in [0.2, 0.25) is 5.88 Å². The Kier molecular flexibility index (Phi) is 5.97. The molecule has 0 spiro atoms. The molecule has 11 heteroatoms. The molecule has 0 saturated heterocycles. The van der Waals surface area contributed by atoms with Gasteiger partial charge in [-0.15, -0.1) is 5.10 Å². The van der Waals surface area contributed by atoms with Crippen molar-refractivity contribution >= 4 is 23.2 Å². The number of nitrogens with zero attached hydrogens (tertiary/aromatic N) is 3. The van der Waals surface area contributed by atoms with Gasteiger partial charge in [0.1, 0.15) is 5.69 Å². The zero-order valence-corrected chi connectivity index (χ0v) is 18.1. The fraction of sp³-hybridized carbons (Fsp3) is 0.350. The van der Waals surface area contributed by atoms with Crippen molar-refractivity contribution in [1.82, 2.24) is 25.0 Å². The summed E-state index contributed by atoms with van der Waals surface area (Å²) in [5.74, 6) is 0.444. The van der Waals surface area contributed by atoms with Crippen LogP contribution >= 0.6 is 23.2 Å². The Hall–Kier alpha value is -2.91. The minimum Gasteiger partial charge on any atom is -0.434 e. The molecular formula is C20H19Cl2N5O4. The molecule has 0 atom stereocenters. The van der Waals surface area contributed by atoms with Crippen LogP contribution in [-0.2, 0) is 0 Å². The SMILES string of the molecule is Cc1nn(-c2cc(Cl)c(Oc3cc(C4CCCCC4)c(=O)[nH]n3)c(Cl)c2)c(=O)[nH]c1=O. The summed E-state index contributed by atoms with van der Waals surface area (Å²) in [7, 11) is 0. The van der Waals surface area contributed by atoms with Gasteiger partial charge in [-0.05, 0) is 37.8 Å². The molecule has 3 aromatic rings. The molecular weight excluding hydrogens is 445 g/mol. The lowest BCUT2D eigenvalue weighted by Gasteiger charge is -2.21. The fourth-order valence-electron chi connectivity index (χ4n) is 3.70. The normalized spacial score (nSPS) is 14.5. The summed E-state index contributed by atoms with van der Waals surface area (Å²) in [6.45, 7) is 1.47. The van der Waals surface area contributed by atoms with Crippen molar-refractivity contribution in [2.45, 2.75) is 44.9 Å². The summed E-state index contributed by atoms with van der Waals surface area (Å²) in [5.41, 5.74) is -0.533. The van der Waals surface area contributed by atoms with Crippen molar-refractivity contribution in [2.24, 2.45) is 0 Å². The third kappa shape index (κ3) is 4.42. The summed E-state index contributed by atoms with van der Waals surface area (Å²) in [5, 5.41) is 10.6. The molecule has 0 bridgehead atoms. The molecule has 2 N–H and O–H groups in total. The van der Waals surface area contributed by atoms with Gasteiger partial charge in [-0.3, -0.25) is 14.6 Å². The van der Waals surface area contributed by atoms with E-state index < -0.39 is 11.2 Å². The molecule has 1 fully saturated rings. The maximum atomic E-state index is 12.3. The van der Waals surface area contributed by atoms with Crippen LogP contribution in [0.25, 0.3) is 5.69 Å². The van der Waals surface area contributed by atoms with E-state index in [1.807, 2.05) is 0 Å². The second-order valence-electron chi connectivity index (χ2n) is 7.42. The Morgan fingerprint density at radius 2 is 1.71 bits per heavy atom. The van der Waals surface area contributed by atoms with E-state index in [0.29, 0.717) is 5.56 Å². The molecule has 9 nitrogen and oxygen atoms in total. The molecule has 1 aliphatic carbocycles. The molecule has 0 amide bonds.